The van der Waals surface area contributed by atoms with E-state index < -0.39 is 10.0 Å². The summed E-state index contributed by atoms with van der Waals surface area (Å²) in [6.45, 7) is 3.11. The molecule has 0 bridgehead atoms. The van der Waals surface area contributed by atoms with Crippen molar-refractivity contribution in [3.63, 3.8) is 0 Å². The van der Waals surface area contributed by atoms with Crippen LogP contribution in [0.15, 0.2) is 27.6 Å². The quantitative estimate of drug-likeness (QED) is 0.704. The molecule has 0 aromatic heterocycles. The molecule has 0 spiro atoms. The number of aryl methyl sites for hydroxylation is 1. The van der Waals surface area contributed by atoms with E-state index in [1.165, 1.54) is 4.31 Å². The second kappa shape index (κ2) is 8.25. The van der Waals surface area contributed by atoms with Crippen LogP contribution in [0.5, 0.6) is 0 Å². The average Bonchev–Trinajstić information content (AvgIpc) is 3.03. The third-order valence-electron chi connectivity index (χ3n) is 3.93. The van der Waals surface area contributed by atoms with Gasteiger partial charge in [-0.1, -0.05) is 22.9 Å². The Morgan fingerprint density at radius 1 is 1.48 bits per heavy atom. The number of rotatable bonds is 7. The van der Waals surface area contributed by atoms with Crippen LogP contribution < -0.4 is 0 Å². The van der Waals surface area contributed by atoms with Crippen LogP contribution in [0.1, 0.15) is 31.7 Å². The molecule has 126 valence electrons. The molecule has 1 unspecified atom stereocenters. The number of sulfonamides is 1. The molecule has 2 rings (SSSR count). The molecule has 23 heavy (non-hydrogen) atoms. The zero-order valence-corrected chi connectivity index (χ0v) is 15.6. The molecule has 1 aromatic carbocycles. The number of hydrogen-bond acceptors (Lipinski definition) is 4. The Bertz CT molecular complexity index is 679. The summed E-state index contributed by atoms with van der Waals surface area (Å²) in [6.07, 6.45) is 2.53. The van der Waals surface area contributed by atoms with Crippen LogP contribution in [0.3, 0.4) is 0 Å². The van der Waals surface area contributed by atoms with Crippen LogP contribution in [0.25, 0.3) is 0 Å². The van der Waals surface area contributed by atoms with Crippen molar-refractivity contribution < 1.29 is 13.2 Å². The predicted octanol–water partition coefficient (Wildman–Crippen LogP) is 3.09. The Kier molecular flexibility index (Phi) is 6.60. The van der Waals surface area contributed by atoms with Crippen LogP contribution in [-0.2, 0) is 21.2 Å². The second-order valence-corrected chi connectivity index (χ2v) is 8.33. The molecule has 1 aliphatic rings. The van der Waals surface area contributed by atoms with E-state index in [1.807, 2.05) is 19.1 Å². The minimum atomic E-state index is -3.64. The maximum absolute atomic E-state index is 13.1. The van der Waals surface area contributed by atoms with Gasteiger partial charge >= 0.3 is 0 Å². The van der Waals surface area contributed by atoms with E-state index in [1.54, 1.807) is 12.1 Å². The van der Waals surface area contributed by atoms with Crippen molar-refractivity contribution in [1.82, 2.24) is 4.31 Å². The monoisotopic (exact) mass is 400 g/mol. The summed E-state index contributed by atoms with van der Waals surface area (Å²) in [5.41, 5.74) is 0.772. The van der Waals surface area contributed by atoms with Crippen LogP contribution >= 0.6 is 15.9 Å². The number of nitriles is 1. The Hall–Kier alpha value is -0.940. The molecule has 0 N–H and O–H groups in total. The fraction of sp³-hybridized carbons (Fsp3) is 0.562. The van der Waals surface area contributed by atoms with Crippen molar-refractivity contribution >= 4 is 26.0 Å². The number of halogens is 1. The zero-order chi connectivity index (χ0) is 16.9. The van der Waals surface area contributed by atoms with Gasteiger partial charge in [0.2, 0.25) is 10.0 Å². The van der Waals surface area contributed by atoms with Crippen LogP contribution in [0.4, 0.5) is 0 Å². The summed E-state index contributed by atoms with van der Waals surface area (Å²) >= 11 is 3.38. The van der Waals surface area contributed by atoms with Crippen molar-refractivity contribution in [2.24, 2.45) is 0 Å². The van der Waals surface area contributed by atoms with E-state index in [2.05, 4.69) is 15.9 Å². The minimum Gasteiger partial charge on any atom is -0.377 e. The molecule has 1 aromatic rings. The summed E-state index contributed by atoms with van der Waals surface area (Å²) in [6, 6.07) is 7.23. The van der Waals surface area contributed by atoms with Gasteiger partial charge in [-0.3, -0.25) is 0 Å². The molecular formula is C16H21BrN2O3S. The molecule has 0 amide bonds. The van der Waals surface area contributed by atoms with Gasteiger partial charge in [0.15, 0.2) is 0 Å². The fourth-order valence-corrected chi connectivity index (χ4v) is 4.87. The second-order valence-electron chi connectivity index (χ2n) is 5.51. The minimum absolute atomic E-state index is 0.0796. The lowest BCUT2D eigenvalue weighted by atomic mass is 10.2. The summed E-state index contributed by atoms with van der Waals surface area (Å²) in [7, 11) is -3.64. The standard InChI is InChI=1S/C16H21BrN2O3S/c1-2-13-11-14(17)6-7-16(13)23(20,21)19(9-4-8-18)12-15-5-3-10-22-15/h6-7,11,15H,2-5,9-10,12H2,1H3. The van der Waals surface area contributed by atoms with Gasteiger partial charge in [0.05, 0.1) is 17.1 Å². The summed E-state index contributed by atoms with van der Waals surface area (Å²) < 4.78 is 34.0. The Morgan fingerprint density at radius 2 is 2.26 bits per heavy atom. The lowest BCUT2D eigenvalue weighted by Gasteiger charge is -2.25. The molecule has 0 saturated carbocycles. The molecule has 7 heteroatoms. The van der Waals surface area contributed by atoms with Gasteiger partial charge in [-0.25, -0.2) is 8.42 Å². The summed E-state index contributed by atoms with van der Waals surface area (Å²) in [4.78, 5) is 0.319. The van der Waals surface area contributed by atoms with Gasteiger partial charge in [0.1, 0.15) is 0 Å². The van der Waals surface area contributed by atoms with Gasteiger partial charge in [-0.15, -0.1) is 0 Å². The van der Waals surface area contributed by atoms with E-state index in [4.69, 9.17) is 10.00 Å². The van der Waals surface area contributed by atoms with Crippen LogP contribution in [-0.4, -0.2) is 38.5 Å². The molecular weight excluding hydrogens is 380 g/mol. The van der Waals surface area contributed by atoms with E-state index >= 15 is 0 Å². The van der Waals surface area contributed by atoms with Crippen molar-refractivity contribution in [2.45, 2.75) is 43.6 Å². The molecule has 1 aliphatic heterocycles. The lowest BCUT2D eigenvalue weighted by molar-refractivity contribution is 0.0941. The third-order valence-corrected chi connectivity index (χ3v) is 6.38. The predicted molar refractivity (Wildman–Crippen MR) is 91.5 cm³/mol. The molecule has 0 aliphatic carbocycles. The van der Waals surface area contributed by atoms with Crippen molar-refractivity contribution in [3.05, 3.63) is 28.2 Å². The molecule has 1 fully saturated rings. The van der Waals surface area contributed by atoms with E-state index in [9.17, 15) is 8.42 Å². The van der Waals surface area contributed by atoms with Crippen LogP contribution in [0, 0.1) is 11.3 Å². The molecule has 1 atom stereocenters. The summed E-state index contributed by atoms with van der Waals surface area (Å²) in [5.74, 6) is 0. The zero-order valence-electron chi connectivity index (χ0n) is 13.2. The van der Waals surface area contributed by atoms with E-state index in [-0.39, 0.29) is 19.1 Å². The first-order valence-corrected chi connectivity index (χ1v) is 9.99. The number of benzene rings is 1. The normalized spacial score (nSPS) is 18.3. The first-order chi connectivity index (χ1) is 11.0. The highest BCUT2D eigenvalue weighted by molar-refractivity contribution is 9.10. The number of ether oxygens (including phenoxy) is 1. The van der Waals surface area contributed by atoms with Crippen molar-refractivity contribution in [3.8, 4) is 6.07 Å². The highest BCUT2D eigenvalue weighted by Crippen LogP contribution is 2.26. The Morgan fingerprint density at radius 3 is 2.87 bits per heavy atom. The summed E-state index contributed by atoms with van der Waals surface area (Å²) in [5, 5.41) is 8.84. The first-order valence-electron chi connectivity index (χ1n) is 7.76. The smallest absolute Gasteiger partial charge is 0.243 e. The topological polar surface area (TPSA) is 70.4 Å². The highest BCUT2D eigenvalue weighted by Gasteiger charge is 2.30. The lowest BCUT2D eigenvalue weighted by Crippen LogP contribution is -2.38. The molecule has 1 heterocycles. The van der Waals surface area contributed by atoms with Crippen molar-refractivity contribution in [1.29, 1.82) is 5.26 Å². The van der Waals surface area contributed by atoms with E-state index in [0.29, 0.717) is 24.5 Å². The Labute approximate surface area is 146 Å². The van der Waals surface area contributed by atoms with Gasteiger partial charge < -0.3 is 4.74 Å². The average molecular weight is 401 g/mol. The van der Waals surface area contributed by atoms with Crippen molar-refractivity contribution in [2.75, 3.05) is 19.7 Å². The maximum Gasteiger partial charge on any atom is 0.243 e. The third kappa shape index (κ3) is 4.54. The highest BCUT2D eigenvalue weighted by atomic mass is 79.9. The Balaban J connectivity index is 2.32. The van der Waals surface area contributed by atoms with Gasteiger partial charge in [0, 0.05) is 30.6 Å². The van der Waals surface area contributed by atoms with Gasteiger partial charge in [-0.2, -0.15) is 9.57 Å². The van der Waals surface area contributed by atoms with Gasteiger partial charge in [0.25, 0.3) is 0 Å². The van der Waals surface area contributed by atoms with Gasteiger partial charge in [-0.05, 0) is 43.0 Å². The SMILES string of the molecule is CCc1cc(Br)ccc1S(=O)(=O)N(CCC#N)CC1CCCO1. The molecule has 5 nitrogen and oxygen atoms in total. The fourth-order valence-electron chi connectivity index (χ4n) is 2.71. The van der Waals surface area contributed by atoms with Crippen LogP contribution in [0.2, 0.25) is 0 Å². The largest absolute Gasteiger partial charge is 0.377 e. The van der Waals surface area contributed by atoms with E-state index in [0.717, 1.165) is 22.9 Å². The number of nitrogens with zero attached hydrogens (tertiary/aromatic N) is 2. The maximum atomic E-state index is 13.1. The first kappa shape index (κ1) is 18.4. The molecule has 0 radical (unpaired) electrons. The molecule has 1 saturated heterocycles. The number of hydrogen-bond donors (Lipinski definition) is 0.